The Balaban J connectivity index is 2.15. The number of ether oxygens (including phenoxy) is 1. The molecule has 43 heavy (non-hydrogen) atoms. The molecule has 2 N–H and O–H groups in total. The summed E-state index contributed by atoms with van der Waals surface area (Å²) in [6, 6.07) is 18.2. The minimum absolute atomic E-state index is 0.106. The Morgan fingerprint density at radius 3 is 2.14 bits per heavy atom. The van der Waals surface area contributed by atoms with Crippen molar-refractivity contribution in [2.24, 2.45) is 11.8 Å². The van der Waals surface area contributed by atoms with E-state index in [-0.39, 0.29) is 42.5 Å². The lowest BCUT2D eigenvalue weighted by Crippen LogP contribution is -2.48. The summed E-state index contributed by atoms with van der Waals surface area (Å²) in [6.45, 7) is 8.63. The van der Waals surface area contributed by atoms with Crippen LogP contribution in [0, 0.1) is 11.8 Å². The molecule has 0 bridgehead atoms. The van der Waals surface area contributed by atoms with E-state index in [2.05, 4.69) is 10.6 Å². The molecule has 0 aliphatic rings. The van der Waals surface area contributed by atoms with Crippen LogP contribution < -0.4 is 10.6 Å². The summed E-state index contributed by atoms with van der Waals surface area (Å²) in [7, 11) is -1.94. The number of hydrogen-bond donors (Lipinski definition) is 2. The molecule has 0 saturated carbocycles. The summed E-state index contributed by atoms with van der Waals surface area (Å²) >= 11 is 0. The third-order valence-electron chi connectivity index (χ3n) is 6.88. The molecule has 0 aliphatic heterocycles. The van der Waals surface area contributed by atoms with Crippen LogP contribution in [0.1, 0.15) is 65.4 Å². The maximum absolute atomic E-state index is 14.0. The first-order valence-electron chi connectivity index (χ1n) is 15.3. The zero-order valence-electron chi connectivity index (χ0n) is 26.4. The summed E-state index contributed by atoms with van der Waals surface area (Å²) in [5, 5.41) is 5.65. The van der Waals surface area contributed by atoms with Gasteiger partial charge in [-0.2, -0.15) is 0 Å². The highest BCUT2D eigenvalue weighted by molar-refractivity contribution is 7.58. The highest BCUT2D eigenvalue weighted by Gasteiger charge is 2.36. The first kappa shape index (κ1) is 36.0. The number of rotatable bonds is 19. The number of amides is 3. The van der Waals surface area contributed by atoms with Crippen molar-refractivity contribution >= 4 is 31.0 Å². The van der Waals surface area contributed by atoms with Gasteiger partial charge in [-0.1, -0.05) is 76.2 Å². The Bertz CT molecular complexity index is 1160. The summed E-state index contributed by atoms with van der Waals surface area (Å²) in [4.78, 5) is 40.7. The Hall–Kier alpha value is -3.16. The Morgan fingerprint density at radius 1 is 0.884 bits per heavy atom. The topological polar surface area (TPSA) is 114 Å². The van der Waals surface area contributed by atoms with Crippen molar-refractivity contribution in [3.05, 3.63) is 66.2 Å². The minimum atomic E-state index is -3.33. The van der Waals surface area contributed by atoms with Crippen molar-refractivity contribution in [1.29, 1.82) is 0 Å². The van der Waals surface area contributed by atoms with Crippen molar-refractivity contribution in [2.75, 3.05) is 38.0 Å². The molecule has 2 aromatic carbocycles. The molecule has 3 amide bonds. The van der Waals surface area contributed by atoms with Crippen LogP contribution in [0.15, 0.2) is 60.7 Å². The molecule has 9 nitrogen and oxygen atoms in total. The lowest BCUT2D eigenvalue weighted by molar-refractivity contribution is -0.138. The fourth-order valence-corrected chi connectivity index (χ4v) is 6.53. The van der Waals surface area contributed by atoms with E-state index in [1.807, 2.05) is 76.2 Å². The van der Waals surface area contributed by atoms with E-state index < -0.39 is 19.5 Å². The molecule has 0 radical (unpaired) electrons. The maximum Gasteiger partial charge on any atom is 0.407 e. The van der Waals surface area contributed by atoms with Gasteiger partial charge in [-0.05, 0) is 61.6 Å². The molecule has 2 atom stereocenters. The molecule has 0 saturated heterocycles. The van der Waals surface area contributed by atoms with Gasteiger partial charge in [-0.3, -0.25) is 14.2 Å². The van der Waals surface area contributed by atoms with E-state index in [0.717, 1.165) is 12.0 Å². The number of para-hydroxylation sites is 1. The van der Waals surface area contributed by atoms with E-state index in [0.29, 0.717) is 44.5 Å². The van der Waals surface area contributed by atoms with Crippen molar-refractivity contribution < 1.29 is 28.2 Å². The van der Waals surface area contributed by atoms with Gasteiger partial charge in [0.15, 0.2) is 0 Å². The molecule has 0 spiro atoms. The molecule has 0 fully saturated rings. The first-order valence-corrected chi connectivity index (χ1v) is 17.3. The van der Waals surface area contributed by atoms with Crippen LogP contribution in [-0.2, 0) is 29.8 Å². The first-order chi connectivity index (χ1) is 20.5. The molecule has 0 heterocycles. The van der Waals surface area contributed by atoms with Crippen LogP contribution in [-0.4, -0.2) is 61.6 Å². The van der Waals surface area contributed by atoms with Crippen LogP contribution >= 0.6 is 7.37 Å². The molecule has 238 valence electrons. The van der Waals surface area contributed by atoms with Gasteiger partial charge in [0.25, 0.3) is 0 Å². The van der Waals surface area contributed by atoms with Gasteiger partial charge in [0.05, 0.1) is 12.9 Å². The van der Waals surface area contributed by atoms with Gasteiger partial charge in [-0.25, -0.2) is 4.79 Å². The van der Waals surface area contributed by atoms with Gasteiger partial charge in [0.1, 0.15) is 6.04 Å². The number of carbonyl (C=O) groups excluding carboxylic acids is 3. The van der Waals surface area contributed by atoms with Gasteiger partial charge in [0.2, 0.25) is 19.2 Å². The Morgan fingerprint density at radius 2 is 1.53 bits per heavy atom. The third kappa shape index (κ3) is 14.2. The highest BCUT2D eigenvalue weighted by Crippen LogP contribution is 2.48. The van der Waals surface area contributed by atoms with Crippen molar-refractivity contribution in [1.82, 2.24) is 10.2 Å². The van der Waals surface area contributed by atoms with E-state index in [1.54, 1.807) is 12.1 Å². The number of aryl methyl sites for hydroxylation is 1. The summed E-state index contributed by atoms with van der Waals surface area (Å²) in [5.41, 5.74) is 1.76. The largest absolute Gasteiger partial charge is 0.449 e. The van der Waals surface area contributed by atoms with Gasteiger partial charge < -0.3 is 24.8 Å². The molecular weight excluding hydrogens is 565 g/mol. The molecule has 0 unspecified atom stereocenters. The number of alkyl carbamates (subject to hydrolysis) is 1. The van der Waals surface area contributed by atoms with Crippen LogP contribution in [0.2, 0.25) is 0 Å². The molecule has 2 aromatic rings. The van der Waals surface area contributed by atoms with Crippen molar-refractivity contribution in [2.45, 2.75) is 72.3 Å². The molecule has 0 aliphatic carbocycles. The van der Waals surface area contributed by atoms with Gasteiger partial charge >= 0.3 is 6.09 Å². The smallest absolute Gasteiger partial charge is 0.407 e. The van der Waals surface area contributed by atoms with Crippen molar-refractivity contribution in [3.63, 3.8) is 0 Å². The molecule has 10 heteroatoms. The number of anilines is 1. The average molecular weight is 616 g/mol. The maximum atomic E-state index is 14.0. The summed E-state index contributed by atoms with van der Waals surface area (Å²) in [5.74, 6) is -0.189. The summed E-state index contributed by atoms with van der Waals surface area (Å²) < 4.78 is 24.7. The van der Waals surface area contributed by atoms with E-state index >= 15 is 0 Å². The minimum Gasteiger partial charge on any atom is -0.449 e. The summed E-state index contributed by atoms with van der Waals surface area (Å²) in [6.07, 6.45) is 2.62. The van der Waals surface area contributed by atoms with E-state index in [4.69, 9.17) is 9.26 Å². The van der Waals surface area contributed by atoms with Crippen LogP contribution in [0.25, 0.3) is 0 Å². The number of benzene rings is 2. The van der Waals surface area contributed by atoms with Crippen LogP contribution in [0.4, 0.5) is 10.5 Å². The zero-order valence-corrected chi connectivity index (χ0v) is 27.3. The molecule has 2 rings (SSSR count). The highest BCUT2D eigenvalue weighted by atomic mass is 31.2. The zero-order chi connectivity index (χ0) is 31.7. The number of nitrogens with one attached hydrogen (secondary N) is 2. The SMILES string of the molecule is CO[P@](=O)(CCCCNC(=O)OCC(C)C)CN(C(=O)CCCc1ccccc1)[C@@H](CC(C)C)C(=O)Nc1ccccc1. The van der Waals surface area contributed by atoms with Crippen LogP contribution in [0.5, 0.6) is 0 Å². The van der Waals surface area contributed by atoms with E-state index in [9.17, 15) is 18.9 Å². The fraction of sp³-hybridized carbons (Fsp3) is 0.545. The number of carbonyl (C=O) groups is 3. The van der Waals surface area contributed by atoms with Gasteiger partial charge in [-0.15, -0.1) is 0 Å². The Kier molecular flexibility index (Phi) is 16.1. The lowest BCUT2D eigenvalue weighted by Gasteiger charge is -2.34. The molecule has 0 aromatic heterocycles. The number of hydrogen-bond acceptors (Lipinski definition) is 6. The Labute approximate surface area is 257 Å². The third-order valence-corrected chi connectivity index (χ3v) is 9.28. The second-order valence-electron chi connectivity index (χ2n) is 11.7. The number of nitrogens with zero attached hydrogens (tertiary/aromatic N) is 1. The predicted octanol–water partition coefficient (Wildman–Crippen LogP) is 6.94. The monoisotopic (exact) mass is 615 g/mol. The normalized spacial score (nSPS) is 13.3. The number of unbranched alkanes of at least 4 members (excludes halogenated alkanes) is 1. The molecular formula is C33H50N3O6P. The second kappa shape index (κ2) is 19.2. The fourth-order valence-electron chi connectivity index (χ4n) is 4.57. The van der Waals surface area contributed by atoms with Crippen LogP contribution in [0.3, 0.4) is 0 Å². The quantitative estimate of drug-likeness (QED) is 0.131. The standard InChI is InChI=1S/C33H50N3O6P/c1-26(2)23-30(32(38)35-29-18-10-7-11-19-29)36(31(37)20-14-17-28-15-8-6-9-16-28)25-43(40,41-5)22-13-12-21-34-33(39)42-24-27(3)4/h6-11,15-16,18-19,26-27,30H,12-14,17,20-25H2,1-5H3,(H,34,39)(H,35,38)/t30-,43+/m0/s1. The van der Waals surface area contributed by atoms with Gasteiger partial charge in [0, 0.05) is 31.9 Å². The van der Waals surface area contributed by atoms with Crippen molar-refractivity contribution in [3.8, 4) is 0 Å². The average Bonchev–Trinajstić information content (AvgIpc) is 2.98. The predicted molar refractivity (Wildman–Crippen MR) is 172 cm³/mol. The van der Waals surface area contributed by atoms with E-state index in [1.165, 1.54) is 12.0 Å². The second-order valence-corrected chi connectivity index (χ2v) is 14.4. The lowest BCUT2D eigenvalue weighted by atomic mass is 10.0.